The lowest BCUT2D eigenvalue weighted by atomic mass is 10.1. The summed E-state index contributed by atoms with van der Waals surface area (Å²) in [5, 5.41) is 2.78. The van der Waals surface area contributed by atoms with Gasteiger partial charge < -0.3 is 11.1 Å². The molecule has 0 aliphatic heterocycles. The minimum atomic E-state index is -0.244. The van der Waals surface area contributed by atoms with E-state index in [1.807, 2.05) is 24.3 Å². The number of nitrogens with zero attached hydrogens (tertiary/aromatic N) is 2. The molecule has 86 valence electrons. The summed E-state index contributed by atoms with van der Waals surface area (Å²) < 4.78 is 0. The number of para-hydroxylation sites is 1. The van der Waals surface area contributed by atoms with E-state index in [-0.39, 0.29) is 5.91 Å². The lowest BCUT2D eigenvalue weighted by Gasteiger charge is -2.08. The van der Waals surface area contributed by atoms with Gasteiger partial charge in [0.2, 0.25) is 0 Å². The van der Waals surface area contributed by atoms with Crippen molar-refractivity contribution in [2.24, 2.45) is 5.73 Å². The Kier molecular flexibility index (Phi) is 3.42. The molecule has 0 radical (unpaired) electrons. The molecule has 0 unspecified atom stereocenters. The van der Waals surface area contributed by atoms with Gasteiger partial charge in [0.1, 0.15) is 6.33 Å². The molecule has 0 fully saturated rings. The third kappa shape index (κ3) is 2.64. The average Bonchev–Trinajstić information content (AvgIpc) is 2.40. The van der Waals surface area contributed by atoms with Crippen LogP contribution in [-0.4, -0.2) is 15.9 Å². The molecule has 1 amide bonds. The molecule has 0 atom stereocenters. The Morgan fingerprint density at radius 2 is 1.94 bits per heavy atom. The Morgan fingerprint density at radius 3 is 2.65 bits per heavy atom. The smallest absolute Gasteiger partial charge is 0.258 e. The van der Waals surface area contributed by atoms with Crippen LogP contribution in [0.2, 0.25) is 0 Å². The van der Waals surface area contributed by atoms with E-state index in [0.717, 1.165) is 5.56 Å². The van der Waals surface area contributed by atoms with Crippen molar-refractivity contribution in [1.29, 1.82) is 0 Å². The van der Waals surface area contributed by atoms with Crippen LogP contribution in [0.25, 0.3) is 0 Å². The van der Waals surface area contributed by atoms with Crippen molar-refractivity contribution in [3.05, 3.63) is 54.1 Å². The zero-order chi connectivity index (χ0) is 12.1. The Balaban J connectivity index is 2.19. The number of anilines is 1. The fourth-order valence-electron chi connectivity index (χ4n) is 1.43. The first-order valence-corrected chi connectivity index (χ1v) is 5.15. The summed E-state index contributed by atoms with van der Waals surface area (Å²) in [5.74, 6) is -0.244. The summed E-state index contributed by atoms with van der Waals surface area (Å²) in [6.07, 6.45) is 4.31. The molecule has 1 aromatic carbocycles. The SMILES string of the molecule is NCc1ccccc1NC(=O)c1cncnc1. The average molecular weight is 228 g/mol. The largest absolute Gasteiger partial charge is 0.326 e. The molecule has 0 aliphatic rings. The number of hydrogen-bond acceptors (Lipinski definition) is 4. The van der Waals surface area contributed by atoms with Crippen LogP contribution < -0.4 is 11.1 Å². The third-order valence-corrected chi connectivity index (χ3v) is 2.31. The van der Waals surface area contributed by atoms with Crippen LogP contribution in [0.1, 0.15) is 15.9 Å². The molecule has 0 saturated heterocycles. The van der Waals surface area contributed by atoms with Gasteiger partial charge in [-0.25, -0.2) is 9.97 Å². The van der Waals surface area contributed by atoms with Crippen molar-refractivity contribution in [2.75, 3.05) is 5.32 Å². The van der Waals surface area contributed by atoms with Crippen LogP contribution in [-0.2, 0) is 6.54 Å². The minimum Gasteiger partial charge on any atom is -0.326 e. The molecular formula is C12H12N4O. The predicted octanol–water partition coefficient (Wildman–Crippen LogP) is 1.19. The van der Waals surface area contributed by atoms with Crippen LogP contribution in [0.3, 0.4) is 0 Å². The van der Waals surface area contributed by atoms with E-state index in [9.17, 15) is 4.79 Å². The molecule has 2 rings (SSSR count). The van der Waals surface area contributed by atoms with Crippen molar-refractivity contribution in [1.82, 2.24) is 9.97 Å². The Hall–Kier alpha value is -2.27. The van der Waals surface area contributed by atoms with E-state index in [1.165, 1.54) is 18.7 Å². The van der Waals surface area contributed by atoms with Crippen molar-refractivity contribution in [3.63, 3.8) is 0 Å². The summed E-state index contributed by atoms with van der Waals surface area (Å²) in [6, 6.07) is 7.40. The monoisotopic (exact) mass is 228 g/mol. The van der Waals surface area contributed by atoms with Gasteiger partial charge in [-0.05, 0) is 11.6 Å². The molecule has 1 heterocycles. The Labute approximate surface area is 98.7 Å². The van der Waals surface area contributed by atoms with Crippen LogP contribution in [0, 0.1) is 0 Å². The van der Waals surface area contributed by atoms with Crippen molar-refractivity contribution >= 4 is 11.6 Å². The second-order valence-corrected chi connectivity index (χ2v) is 3.44. The minimum absolute atomic E-state index is 0.244. The molecule has 1 aromatic heterocycles. The number of nitrogens with one attached hydrogen (secondary N) is 1. The quantitative estimate of drug-likeness (QED) is 0.826. The van der Waals surface area contributed by atoms with Crippen molar-refractivity contribution in [2.45, 2.75) is 6.54 Å². The fraction of sp³-hybridized carbons (Fsp3) is 0.0833. The first-order chi connectivity index (χ1) is 8.31. The lowest BCUT2D eigenvalue weighted by molar-refractivity contribution is 0.102. The number of carbonyl (C=O) groups excluding carboxylic acids is 1. The van der Waals surface area contributed by atoms with Gasteiger partial charge >= 0.3 is 0 Å². The molecule has 17 heavy (non-hydrogen) atoms. The summed E-state index contributed by atoms with van der Waals surface area (Å²) in [6.45, 7) is 0.377. The van der Waals surface area contributed by atoms with E-state index >= 15 is 0 Å². The molecule has 0 spiro atoms. The highest BCUT2D eigenvalue weighted by molar-refractivity contribution is 6.04. The van der Waals surface area contributed by atoms with Crippen LogP contribution in [0.5, 0.6) is 0 Å². The van der Waals surface area contributed by atoms with Crippen LogP contribution in [0.15, 0.2) is 43.0 Å². The normalized spacial score (nSPS) is 9.94. The number of carbonyl (C=O) groups is 1. The molecule has 3 N–H and O–H groups in total. The standard InChI is InChI=1S/C12H12N4O/c13-5-9-3-1-2-4-11(9)16-12(17)10-6-14-8-15-7-10/h1-4,6-8H,5,13H2,(H,16,17). The zero-order valence-electron chi connectivity index (χ0n) is 9.13. The highest BCUT2D eigenvalue weighted by Gasteiger charge is 2.08. The maximum Gasteiger partial charge on any atom is 0.258 e. The van der Waals surface area contributed by atoms with E-state index in [2.05, 4.69) is 15.3 Å². The summed E-state index contributed by atoms with van der Waals surface area (Å²) in [4.78, 5) is 19.4. The first kappa shape index (κ1) is 11.2. The maximum atomic E-state index is 11.9. The number of nitrogens with two attached hydrogens (primary N) is 1. The lowest BCUT2D eigenvalue weighted by Crippen LogP contribution is -2.14. The van der Waals surface area contributed by atoms with Gasteiger partial charge in [0.25, 0.3) is 5.91 Å². The summed E-state index contributed by atoms with van der Waals surface area (Å²) >= 11 is 0. The van der Waals surface area contributed by atoms with E-state index < -0.39 is 0 Å². The van der Waals surface area contributed by atoms with Gasteiger partial charge in [-0.2, -0.15) is 0 Å². The number of hydrogen-bond donors (Lipinski definition) is 2. The number of amides is 1. The Bertz CT molecular complexity index is 513. The van der Waals surface area contributed by atoms with E-state index in [1.54, 1.807) is 0 Å². The van der Waals surface area contributed by atoms with E-state index in [0.29, 0.717) is 17.8 Å². The second kappa shape index (κ2) is 5.18. The maximum absolute atomic E-state index is 11.9. The predicted molar refractivity (Wildman–Crippen MR) is 64.3 cm³/mol. The summed E-state index contributed by atoms with van der Waals surface area (Å²) in [7, 11) is 0. The molecule has 0 saturated carbocycles. The highest BCUT2D eigenvalue weighted by atomic mass is 16.1. The fourth-order valence-corrected chi connectivity index (χ4v) is 1.43. The van der Waals surface area contributed by atoms with Crippen molar-refractivity contribution < 1.29 is 4.79 Å². The van der Waals surface area contributed by atoms with Gasteiger partial charge in [-0.15, -0.1) is 0 Å². The molecular weight excluding hydrogens is 216 g/mol. The number of aromatic nitrogens is 2. The Morgan fingerprint density at radius 1 is 1.24 bits per heavy atom. The molecule has 0 aliphatic carbocycles. The second-order valence-electron chi connectivity index (χ2n) is 3.44. The van der Waals surface area contributed by atoms with Gasteiger partial charge in [-0.3, -0.25) is 4.79 Å². The van der Waals surface area contributed by atoms with Gasteiger partial charge in [0.15, 0.2) is 0 Å². The third-order valence-electron chi connectivity index (χ3n) is 2.31. The van der Waals surface area contributed by atoms with E-state index in [4.69, 9.17) is 5.73 Å². The molecule has 0 bridgehead atoms. The summed E-state index contributed by atoms with van der Waals surface area (Å²) in [5.41, 5.74) is 7.60. The number of rotatable bonds is 3. The van der Waals surface area contributed by atoms with Gasteiger partial charge in [0, 0.05) is 24.6 Å². The molecule has 2 aromatic rings. The highest BCUT2D eigenvalue weighted by Crippen LogP contribution is 2.14. The van der Waals surface area contributed by atoms with Gasteiger partial charge in [-0.1, -0.05) is 18.2 Å². The van der Waals surface area contributed by atoms with Crippen LogP contribution >= 0.6 is 0 Å². The zero-order valence-corrected chi connectivity index (χ0v) is 9.13. The topological polar surface area (TPSA) is 80.9 Å². The molecule has 5 heteroatoms. The first-order valence-electron chi connectivity index (χ1n) is 5.15. The van der Waals surface area contributed by atoms with Gasteiger partial charge in [0.05, 0.1) is 5.56 Å². The number of benzene rings is 1. The molecule has 5 nitrogen and oxygen atoms in total. The van der Waals surface area contributed by atoms with Crippen LogP contribution in [0.4, 0.5) is 5.69 Å². The van der Waals surface area contributed by atoms with Crippen molar-refractivity contribution in [3.8, 4) is 0 Å².